The predicted molar refractivity (Wildman–Crippen MR) is 101 cm³/mol. The van der Waals surface area contributed by atoms with E-state index in [0.29, 0.717) is 18.0 Å². The molecule has 1 saturated carbocycles. The highest BCUT2D eigenvalue weighted by Crippen LogP contribution is 2.31. The van der Waals surface area contributed by atoms with Crippen LogP contribution in [0.5, 0.6) is 5.75 Å². The Balaban J connectivity index is 1.81. The summed E-state index contributed by atoms with van der Waals surface area (Å²) in [6.07, 6.45) is 2.15. The van der Waals surface area contributed by atoms with E-state index >= 15 is 0 Å². The molecule has 2 aromatic carbocycles. The third kappa shape index (κ3) is 5.30. The number of halogens is 1. The van der Waals surface area contributed by atoms with Crippen molar-refractivity contribution in [2.45, 2.75) is 24.3 Å². The minimum Gasteiger partial charge on any atom is -0.379 e. The van der Waals surface area contributed by atoms with Gasteiger partial charge in [-0.3, -0.25) is 4.79 Å². The van der Waals surface area contributed by atoms with Gasteiger partial charge in [0.15, 0.2) is 0 Å². The lowest BCUT2D eigenvalue weighted by Gasteiger charge is -2.23. The van der Waals surface area contributed by atoms with Gasteiger partial charge in [0.2, 0.25) is 5.91 Å². The van der Waals surface area contributed by atoms with E-state index in [1.54, 1.807) is 23.1 Å². The van der Waals surface area contributed by atoms with E-state index in [4.69, 9.17) is 8.92 Å². The van der Waals surface area contributed by atoms with Gasteiger partial charge in [0, 0.05) is 25.8 Å². The molecule has 3 rings (SSSR count). The second-order valence-corrected chi connectivity index (χ2v) is 8.30. The molecule has 0 saturated heterocycles. The molecule has 0 spiro atoms. The van der Waals surface area contributed by atoms with E-state index in [0.717, 1.165) is 37.1 Å². The smallest absolute Gasteiger partial charge is 0.339 e. The zero-order valence-corrected chi connectivity index (χ0v) is 16.3. The van der Waals surface area contributed by atoms with E-state index < -0.39 is 15.9 Å². The molecule has 0 N–H and O–H groups in total. The Bertz CT molecular complexity index is 926. The summed E-state index contributed by atoms with van der Waals surface area (Å²) in [5.74, 6) is -0.0907. The molecular weight excluding hydrogens is 385 g/mol. The number of hydrogen-bond donors (Lipinski definition) is 0. The molecule has 6 nitrogen and oxygen atoms in total. The molecule has 1 amide bonds. The van der Waals surface area contributed by atoms with Crippen molar-refractivity contribution in [3.8, 4) is 5.75 Å². The second kappa shape index (κ2) is 8.70. The third-order valence-electron chi connectivity index (χ3n) is 4.43. The zero-order valence-electron chi connectivity index (χ0n) is 15.5. The van der Waals surface area contributed by atoms with E-state index in [1.165, 1.54) is 13.2 Å². The lowest BCUT2D eigenvalue weighted by molar-refractivity contribution is -0.136. The average Bonchev–Trinajstić information content (AvgIpc) is 3.47. The lowest BCUT2D eigenvalue weighted by Crippen LogP contribution is -2.35. The normalized spacial score (nSPS) is 13.9. The molecule has 0 bridgehead atoms. The first-order valence-corrected chi connectivity index (χ1v) is 10.3. The molecule has 0 aromatic heterocycles. The van der Waals surface area contributed by atoms with Crippen molar-refractivity contribution in [3.05, 3.63) is 59.9 Å². The Kier molecular flexibility index (Phi) is 6.31. The maximum atomic E-state index is 13.1. The summed E-state index contributed by atoms with van der Waals surface area (Å²) in [6, 6.07) is 11.1. The Hall–Kier alpha value is -2.45. The van der Waals surface area contributed by atoms with Crippen LogP contribution < -0.4 is 4.18 Å². The van der Waals surface area contributed by atoms with Gasteiger partial charge in [-0.2, -0.15) is 8.42 Å². The number of carbonyl (C=O) groups is 1. The Morgan fingerprint density at radius 2 is 1.82 bits per heavy atom. The minimum atomic E-state index is -4.12. The molecule has 0 heterocycles. The zero-order chi connectivity index (χ0) is 20.1. The Labute approximate surface area is 164 Å². The number of rotatable bonds is 9. The molecule has 8 heteroatoms. The van der Waals surface area contributed by atoms with Gasteiger partial charge in [0.25, 0.3) is 0 Å². The number of carbonyl (C=O) groups excluding carboxylic acids is 1. The Morgan fingerprint density at radius 3 is 2.46 bits per heavy atom. The molecule has 0 aliphatic heterocycles. The first-order chi connectivity index (χ1) is 13.4. The van der Waals surface area contributed by atoms with Gasteiger partial charge in [0.1, 0.15) is 23.1 Å². The van der Waals surface area contributed by atoms with Crippen molar-refractivity contribution in [2.75, 3.05) is 20.3 Å². The van der Waals surface area contributed by atoms with Crippen LogP contribution in [0.1, 0.15) is 18.4 Å². The summed E-state index contributed by atoms with van der Waals surface area (Å²) in [6.45, 7) is 0.776. The van der Waals surface area contributed by atoms with E-state index in [9.17, 15) is 17.6 Å². The van der Waals surface area contributed by atoms with Crippen molar-refractivity contribution in [1.82, 2.24) is 4.90 Å². The highest BCUT2D eigenvalue weighted by molar-refractivity contribution is 7.87. The molecule has 28 heavy (non-hydrogen) atoms. The van der Waals surface area contributed by atoms with Crippen LogP contribution in [-0.2, 0) is 26.2 Å². The molecule has 0 unspecified atom stereocenters. The molecule has 1 aliphatic rings. The van der Waals surface area contributed by atoms with Crippen molar-refractivity contribution in [1.29, 1.82) is 0 Å². The summed E-state index contributed by atoms with van der Waals surface area (Å²) in [5.41, 5.74) is 0.568. The maximum Gasteiger partial charge on any atom is 0.339 e. The lowest BCUT2D eigenvalue weighted by atomic mass is 10.2. The van der Waals surface area contributed by atoms with Crippen molar-refractivity contribution in [3.63, 3.8) is 0 Å². The summed E-state index contributed by atoms with van der Waals surface area (Å²) in [4.78, 5) is 13.9. The first-order valence-electron chi connectivity index (χ1n) is 8.93. The van der Waals surface area contributed by atoms with Crippen LogP contribution in [0.4, 0.5) is 4.39 Å². The van der Waals surface area contributed by atoms with Crippen molar-refractivity contribution < 1.29 is 26.5 Å². The van der Waals surface area contributed by atoms with Crippen LogP contribution >= 0.6 is 0 Å². The highest BCUT2D eigenvalue weighted by atomic mass is 32.2. The standard InChI is InChI=1S/C20H22FNO5S/c1-26-14-20(23)22(12-15-6-7-15)13-16-4-2-3-5-19(16)27-28(24,25)18-10-8-17(21)9-11-18/h2-5,8-11,15H,6-7,12-14H2,1H3. The molecule has 0 radical (unpaired) electrons. The topological polar surface area (TPSA) is 72.9 Å². The highest BCUT2D eigenvalue weighted by Gasteiger charge is 2.28. The van der Waals surface area contributed by atoms with Crippen LogP contribution in [0.2, 0.25) is 0 Å². The number of amides is 1. The molecule has 1 aliphatic carbocycles. The van der Waals surface area contributed by atoms with Gasteiger partial charge in [0.05, 0.1) is 0 Å². The fraction of sp³-hybridized carbons (Fsp3) is 0.350. The number of ether oxygens (including phenoxy) is 1. The quantitative estimate of drug-likeness (QED) is 0.598. The number of benzene rings is 2. The molecule has 0 atom stereocenters. The summed E-state index contributed by atoms with van der Waals surface area (Å²) in [5, 5.41) is 0. The summed E-state index contributed by atoms with van der Waals surface area (Å²) in [7, 11) is -2.67. The van der Waals surface area contributed by atoms with E-state index in [-0.39, 0.29) is 29.7 Å². The SMILES string of the molecule is COCC(=O)N(Cc1ccccc1OS(=O)(=O)c1ccc(F)cc1)CC1CC1. The fourth-order valence-electron chi connectivity index (χ4n) is 2.77. The minimum absolute atomic E-state index is 0.0381. The first kappa shape index (κ1) is 20.3. The van der Waals surface area contributed by atoms with E-state index in [2.05, 4.69) is 0 Å². The summed E-state index contributed by atoms with van der Waals surface area (Å²) >= 11 is 0. The third-order valence-corrected chi connectivity index (χ3v) is 5.68. The molecular formula is C20H22FNO5S. The van der Waals surface area contributed by atoms with Crippen LogP contribution in [0.15, 0.2) is 53.4 Å². The van der Waals surface area contributed by atoms with Gasteiger partial charge in [-0.05, 0) is 49.1 Å². The fourth-order valence-corrected chi connectivity index (χ4v) is 3.73. The Morgan fingerprint density at radius 1 is 1.14 bits per heavy atom. The predicted octanol–water partition coefficient (Wildman–Crippen LogP) is 2.98. The van der Waals surface area contributed by atoms with Gasteiger partial charge in [-0.1, -0.05) is 18.2 Å². The average molecular weight is 407 g/mol. The number of para-hydroxylation sites is 1. The maximum absolute atomic E-state index is 13.1. The van der Waals surface area contributed by atoms with Crippen LogP contribution in [0.3, 0.4) is 0 Å². The number of nitrogens with zero attached hydrogens (tertiary/aromatic N) is 1. The summed E-state index contributed by atoms with van der Waals surface area (Å²) < 4.78 is 48.4. The monoisotopic (exact) mass is 407 g/mol. The van der Waals surface area contributed by atoms with Crippen molar-refractivity contribution >= 4 is 16.0 Å². The van der Waals surface area contributed by atoms with Gasteiger partial charge in [-0.25, -0.2) is 4.39 Å². The van der Waals surface area contributed by atoms with Crippen molar-refractivity contribution in [2.24, 2.45) is 5.92 Å². The van der Waals surface area contributed by atoms with Gasteiger partial charge >= 0.3 is 10.1 Å². The number of methoxy groups -OCH3 is 1. The van der Waals surface area contributed by atoms with Gasteiger partial charge in [-0.15, -0.1) is 0 Å². The molecule has 1 fully saturated rings. The van der Waals surface area contributed by atoms with E-state index in [1.807, 2.05) is 0 Å². The van der Waals surface area contributed by atoms with Crippen LogP contribution in [-0.4, -0.2) is 39.5 Å². The molecule has 2 aromatic rings. The second-order valence-electron chi connectivity index (χ2n) is 6.75. The van der Waals surface area contributed by atoms with Crippen LogP contribution in [0, 0.1) is 11.7 Å². The molecule has 150 valence electrons. The largest absolute Gasteiger partial charge is 0.379 e. The number of hydrogen-bond acceptors (Lipinski definition) is 5. The van der Waals surface area contributed by atoms with Gasteiger partial charge < -0.3 is 13.8 Å². The van der Waals surface area contributed by atoms with Crippen LogP contribution in [0.25, 0.3) is 0 Å².